The summed E-state index contributed by atoms with van der Waals surface area (Å²) < 4.78 is 1.48. The topological polar surface area (TPSA) is 72.2 Å². The summed E-state index contributed by atoms with van der Waals surface area (Å²) in [7, 11) is 1.66. The molecule has 0 saturated carbocycles. The maximum Gasteiger partial charge on any atom is 0.335 e. The van der Waals surface area contributed by atoms with E-state index >= 15 is 0 Å². The van der Waals surface area contributed by atoms with Gasteiger partial charge in [-0.2, -0.15) is 0 Å². The van der Waals surface area contributed by atoms with Gasteiger partial charge in [0.2, 0.25) is 0 Å². The highest BCUT2D eigenvalue weighted by atomic mass is 35.5. The Kier molecular flexibility index (Phi) is 4.59. The van der Waals surface area contributed by atoms with Gasteiger partial charge in [0, 0.05) is 17.8 Å². The molecular weight excluding hydrogens is 348 g/mol. The number of nitrogens with zero attached hydrogens (tertiary/aromatic N) is 2. The van der Waals surface area contributed by atoms with Gasteiger partial charge in [-0.25, -0.2) is 9.78 Å². The third kappa shape index (κ3) is 3.29. The first-order chi connectivity index (χ1) is 11.5. The van der Waals surface area contributed by atoms with Crippen molar-refractivity contribution >= 4 is 40.2 Å². The minimum atomic E-state index is -1.05. The summed E-state index contributed by atoms with van der Waals surface area (Å²) in [5.41, 5.74) is 1.35. The zero-order valence-corrected chi connectivity index (χ0v) is 14.3. The minimum Gasteiger partial charge on any atom is -0.478 e. The van der Waals surface area contributed by atoms with Gasteiger partial charge in [-0.3, -0.25) is 9.36 Å². The van der Waals surface area contributed by atoms with Crippen molar-refractivity contribution in [2.45, 2.75) is 10.9 Å². The summed E-state index contributed by atoms with van der Waals surface area (Å²) in [6.45, 7) is 0. The molecule has 1 heterocycles. The third-order valence-corrected chi connectivity index (χ3v) is 4.92. The lowest BCUT2D eigenvalue weighted by molar-refractivity contribution is 0.0697. The third-order valence-electron chi connectivity index (χ3n) is 3.56. The molecule has 122 valence electrons. The molecule has 0 radical (unpaired) electrons. The Labute approximate surface area is 146 Å². The Morgan fingerprint density at radius 2 is 1.96 bits per heavy atom. The molecule has 0 fully saturated rings. The lowest BCUT2D eigenvalue weighted by Crippen LogP contribution is -2.20. The number of carboxylic acid groups (broad SMARTS) is 1. The molecule has 0 amide bonds. The average Bonchev–Trinajstić information content (AvgIpc) is 2.57. The first kappa shape index (κ1) is 16.5. The van der Waals surface area contributed by atoms with Crippen LogP contribution in [-0.2, 0) is 12.8 Å². The summed E-state index contributed by atoms with van der Waals surface area (Å²) in [5, 5.41) is 10.7. The molecular formula is C17H13ClN2O3S. The van der Waals surface area contributed by atoms with E-state index in [9.17, 15) is 9.59 Å². The Morgan fingerprint density at radius 3 is 2.62 bits per heavy atom. The van der Waals surface area contributed by atoms with Gasteiger partial charge in [-0.05, 0) is 35.9 Å². The quantitative estimate of drug-likeness (QED) is 0.568. The fourth-order valence-electron chi connectivity index (χ4n) is 2.24. The number of benzene rings is 2. The van der Waals surface area contributed by atoms with Crippen LogP contribution in [0.1, 0.15) is 15.9 Å². The highest BCUT2D eigenvalue weighted by molar-refractivity contribution is 7.98. The molecule has 0 aliphatic rings. The number of hydrogen-bond donors (Lipinski definition) is 1. The van der Waals surface area contributed by atoms with E-state index in [-0.39, 0.29) is 11.1 Å². The molecule has 3 rings (SSSR count). The number of thioether (sulfide) groups is 1. The molecule has 2 aromatic carbocycles. The summed E-state index contributed by atoms with van der Waals surface area (Å²) in [4.78, 5) is 28.0. The monoisotopic (exact) mass is 360 g/mol. The lowest BCUT2D eigenvalue weighted by atomic mass is 10.1. The normalized spacial score (nSPS) is 10.9. The van der Waals surface area contributed by atoms with Crippen LogP contribution in [0.2, 0.25) is 5.02 Å². The van der Waals surface area contributed by atoms with Crippen molar-refractivity contribution in [1.29, 1.82) is 0 Å². The molecule has 0 saturated heterocycles. The minimum absolute atomic E-state index is 0.108. The Bertz CT molecular complexity index is 984. The van der Waals surface area contributed by atoms with Gasteiger partial charge >= 0.3 is 5.97 Å². The summed E-state index contributed by atoms with van der Waals surface area (Å²) in [6, 6.07) is 11.8. The van der Waals surface area contributed by atoms with Crippen molar-refractivity contribution in [1.82, 2.24) is 9.55 Å². The molecule has 0 bridgehead atoms. The molecule has 0 spiro atoms. The zero-order valence-electron chi connectivity index (χ0n) is 12.7. The van der Waals surface area contributed by atoms with Crippen LogP contribution in [0, 0.1) is 0 Å². The number of fused-ring (bicyclic) bond motifs is 1. The maximum atomic E-state index is 12.4. The molecule has 3 aromatic rings. The van der Waals surface area contributed by atoms with E-state index < -0.39 is 5.97 Å². The number of carboxylic acids is 1. The largest absolute Gasteiger partial charge is 0.478 e. The van der Waals surface area contributed by atoms with Crippen LogP contribution in [-0.4, -0.2) is 20.6 Å². The van der Waals surface area contributed by atoms with Gasteiger partial charge in [0.15, 0.2) is 5.16 Å². The maximum absolute atomic E-state index is 12.4. The van der Waals surface area contributed by atoms with Crippen LogP contribution < -0.4 is 5.56 Å². The van der Waals surface area contributed by atoms with Crippen LogP contribution >= 0.6 is 23.4 Å². The number of carbonyl (C=O) groups is 1. The molecule has 24 heavy (non-hydrogen) atoms. The Morgan fingerprint density at radius 1 is 1.25 bits per heavy atom. The van der Waals surface area contributed by atoms with Crippen molar-refractivity contribution in [2.75, 3.05) is 0 Å². The Hall–Kier alpha value is -2.31. The molecule has 5 nitrogen and oxygen atoms in total. The number of rotatable bonds is 4. The SMILES string of the molecule is Cn1c(SCc2ccc(Cl)cc2)nc2cc(C(=O)O)ccc2c1=O. The van der Waals surface area contributed by atoms with Gasteiger partial charge in [0.05, 0.1) is 16.5 Å². The lowest BCUT2D eigenvalue weighted by Gasteiger charge is -2.09. The summed E-state index contributed by atoms with van der Waals surface area (Å²) in [5.74, 6) is -0.420. The van der Waals surface area contributed by atoms with Gasteiger partial charge < -0.3 is 5.11 Å². The Balaban J connectivity index is 1.97. The smallest absolute Gasteiger partial charge is 0.335 e. The summed E-state index contributed by atoms with van der Waals surface area (Å²) >= 11 is 7.28. The van der Waals surface area contributed by atoms with Gasteiger partial charge in [0.25, 0.3) is 5.56 Å². The van der Waals surface area contributed by atoms with E-state index in [0.717, 1.165) is 5.56 Å². The summed E-state index contributed by atoms with van der Waals surface area (Å²) in [6.07, 6.45) is 0. The molecule has 0 atom stereocenters. The molecule has 1 aromatic heterocycles. The first-order valence-electron chi connectivity index (χ1n) is 7.07. The van der Waals surface area contributed by atoms with E-state index in [1.54, 1.807) is 7.05 Å². The average molecular weight is 361 g/mol. The van der Waals surface area contributed by atoms with Crippen molar-refractivity contribution in [3.63, 3.8) is 0 Å². The van der Waals surface area contributed by atoms with Gasteiger partial charge in [-0.15, -0.1) is 0 Å². The number of aromatic carboxylic acids is 1. The van der Waals surface area contributed by atoms with Gasteiger partial charge in [-0.1, -0.05) is 35.5 Å². The highest BCUT2D eigenvalue weighted by Gasteiger charge is 2.11. The number of hydrogen-bond acceptors (Lipinski definition) is 4. The van der Waals surface area contributed by atoms with E-state index in [0.29, 0.717) is 26.8 Å². The standard InChI is InChI=1S/C17H13ClN2O3S/c1-20-15(21)13-7-4-11(16(22)23)8-14(13)19-17(20)24-9-10-2-5-12(18)6-3-10/h2-8H,9H2,1H3,(H,22,23). The second kappa shape index (κ2) is 6.67. The van der Waals surface area contributed by atoms with Crippen LogP contribution in [0.4, 0.5) is 0 Å². The van der Waals surface area contributed by atoms with E-state index in [2.05, 4.69) is 4.98 Å². The molecule has 0 unspecified atom stereocenters. The van der Waals surface area contributed by atoms with Crippen molar-refractivity contribution in [3.05, 3.63) is 69.0 Å². The molecule has 0 aliphatic heterocycles. The highest BCUT2D eigenvalue weighted by Crippen LogP contribution is 2.23. The van der Waals surface area contributed by atoms with Crippen molar-refractivity contribution in [2.24, 2.45) is 7.05 Å². The fraction of sp³-hybridized carbons (Fsp3) is 0.118. The molecule has 0 aliphatic carbocycles. The molecule has 7 heteroatoms. The predicted molar refractivity (Wildman–Crippen MR) is 95.0 cm³/mol. The number of aromatic nitrogens is 2. The first-order valence-corrected chi connectivity index (χ1v) is 8.43. The van der Waals surface area contributed by atoms with Crippen molar-refractivity contribution in [3.8, 4) is 0 Å². The van der Waals surface area contributed by atoms with E-state index in [1.807, 2.05) is 24.3 Å². The van der Waals surface area contributed by atoms with E-state index in [1.165, 1.54) is 34.5 Å². The second-order valence-electron chi connectivity index (χ2n) is 5.21. The van der Waals surface area contributed by atoms with Crippen LogP contribution in [0.25, 0.3) is 10.9 Å². The predicted octanol–water partition coefficient (Wildman–Crippen LogP) is 3.58. The zero-order chi connectivity index (χ0) is 17.3. The molecule has 1 N–H and O–H groups in total. The van der Waals surface area contributed by atoms with Gasteiger partial charge in [0.1, 0.15) is 0 Å². The number of halogens is 1. The van der Waals surface area contributed by atoms with Crippen LogP contribution in [0.15, 0.2) is 52.4 Å². The van der Waals surface area contributed by atoms with E-state index in [4.69, 9.17) is 16.7 Å². The fourth-order valence-corrected chi connectivity index (χ4v) is 3.29. The van der Waals surface area contributed by atoms with Crippen LogP contribution in [0.5, 0.6) is 0 Å². The second-order valence-corrected chi connectivity index (χ2v) is 6.59. The van der Waals surface area contributed by atoms with Crippen molar-refractivity contribution < 1.29 is 9.90 Å². The van der Waals surface area contributed by atoms with Crippen LogP contribution in [0.3, 0.4) is 0 Å².